The van der Waals surface area contributed by atoms with Crippen LogP contribution in [0.1, 0.15) is 28.9 Å². The molecule has 1 unspecified atom stereocenters. The van der Waals surface area contributed by atoms with Crippen molar-refractivity contribution in [2.75, 3.05) is 21.3 Å². The molecule has 2 aromatic carbocycles. The van der Waals surface area contributed by atoms with Gasteiger partial charge in [0.2, 0.25) is 0 Å². The predicted octanol–water partition coefficient (Wildman–Crippen LogP) is 3.68. The third-order valence-electron chi connectivity index (χ3n) is 3.88. The minimum Gasteiger partial charge on any atom is -0.493 e. The molecule has 1 amide bonds. The maximum absolute atomic E-state index is 13.0. The normalized spacial score (nSPS) is 11.7. The molecule has 0 aliphatic rings. The van der Waals surface area contributed by atoms with Gasteiger partial charge in [-0.2, -0.15) is 0 Å². The number of hydrogen-bond acceptors (Lipinski definition) is 3. The second kappa shape index (κ2) is 7.13. The van der Waals surface area contributed by atoms with Crippen LogP contribution in [-0.4, -0.2) is 32.1 Å². The van der Waals surface area contributed by atoms with Gasteiger partial charge in [-0.3, -0.25) is 4.79 Å². The van der Waals surface area contributed by atoms with Crippen LogP contribution in [-0.2, 0) is 0 Å². The van der Waals surface area contributed by atoms with Crippen molar-refractivity contribution in [3.05, 3.63) is 59.4 Å². The molecule has 0 saturated heterocycles. The van der Waals surface area contributed by atoms with Crippen LogP contribution < -0.4 is 9.47 Å². The number of hydrogen-bond donors (Lipinski definition) is 0. The van der Waals surface area contributed by atoms with Gasteiger partial charge in [-0.25, -0.2) is 4.39 Å². The van der Waals surface area contributed by atoms with Gasteiger partial charge in [0, 0.05) is 12.6 Å². The number of rotatable bonds is 5. The first-order valence-corrected chi connectivity index (χ1v) is 7.22. The monoisotopic (exact) mass is 317 g/mol. The Balaban J connectivity index is 2.23. The van der Waals surface area contributed by atoms with Gasteiger partial charge < -0.3 is 14.4 Å². The van der Waals surface area contributed by atoms with E-state index in [-0.39, 0.29) is 17.8 Å². The molecule has 122 valence electrons. The van der Waals surface area contributed by atoms with E-state index in [9.17, 15) is 9.18 Å². The van der Waals surface area contributed by atoms with E-state index in [0.29, 0.717) is 17.1 Å². The van der Waals surface area contributed by atoms with E-state index >= 15 is 0 Å². The van der Waals surface area contributed by atoms with Gasteiger partial charge in [0.25, 0.3) is 5.91 Å². The van der Waals surface area contributed by atoms with Crippen LogP contribution in [0.25, 0.3) is 0 Å². The van der Waals surface area contributed by atoms with Crippen LogP contribution in [0.5, 0.6) is 11.5 Å². The van der Waals surface area contributed by atoms with Crippen LogP contribution in [0, 0.1) is 5.82 Å². The highest BCUT2D eigenvalue weighted by atomic mass is 19.1. The summed E-state index contributed by atoms with van der Waals surface area (Å²) >= 11 is 0. The zero-order valence-corrected chi connectivity index (χ0v) is 13.7. The lowest BCUT2D eigenvalue weighted by molar-refractivity contribution is 0.0742. The van der Waals surface area contributed by atoms with Gasteiger partial charge in [-0.05, 0) is 42.8 Å². The second-order valence-electron chi connectivity index (χ2n) is 5.21. The Hall–Kier alpha value is -2.56. The van der Waals surface area contributed by atoms with E-state index in [0.717, 1.165) is 5.56 Å². The molecule has 0 N–H and O–H groups in total. The maximum Gasteiger partial charge on any atom is 0.254 e. The van der Waals surface area contributed by atoms with Crippen molar-refractivity contribution in [2.45, 2.75) is 13.0 Å². The molecule has 0 aliphatic heterocycles. The number of halogens is 1. The predicted molar refractivity (Wildman–Crippen MR) is 86.5 cm³/mol. The summed E-state index contributed by atoms with van der Waals surface area (Å²) in [4.78, 5) is 14.3. The van der Waals surface area contributed by atoms with Crippen LogP contribution >= 0.6 is 0 Å². The summed E-state index contributed by atoms with van der Waals surface area (Å²) in [5.41, 5.74) is 1.36. The first-order valence-electron chi connectivity index (χ1n) is 7.22. The van der Waals surface area contributed by atoms with Crippen molar-refractivity contribution < 1.29 is 18.7 Å². The quantitative estimate of drug-likeness (QED) is 0.844. The highest BCUT2D eigenvalue weighted by molar-refractivity contribution is 5.95. The van der Waals surface area contributed by atoms with E-state index in [1.807, 2.05) is 6.92 Å². The van der Waals surface area contributed by atoms with Gasteiger partial charge in [0.15, 0.2) is 11.5 Å². The van der Waals surface area contributed by atoms with Gasteiger partial charge in [0.05, 0.1) is 20.3 Å². The highest BCUT2D eigenvalue weighted by Gasteiger charge is 2.20. The molecule has 23 heavy (non-hydrogen) atoms. The molecule has 4 nitrogen and oxygen atoms in total. The van der Waals surface area contributed by atoms with E-state index < -0.39 is 0 Å². The Morgan fingerprint density at radius 3 is 2.22 bits per heavy atom. The number of ether oxygens (including phenoxy) is 2. The second-order valence-corrected chi connectivity index (χ2v) is 5.21. The average molecular weight is 317 g/mol. The van der Waals surface area contributed by atoms with E-state index in [1.54, 1.807) is 49.4 Å². The summed E-state index contributed by atoms with van der Waals surface area (Å²) in [6.07, 6.45) is 0. The topological polar surface area (TPSA) is 38.8 Å². The van der Waals surface area contributed by atoms with Gasteiger partial charge >= 0.3 is 0 Å². The summed E-state index contributed by atoms with van der Waals surface area (Å²) in [6.45, 7) is 1.89. The van der Waals surface area contributed by atoms with Gasteiger partial charge in [-0.15, -0.1) is 0 Å². The standard InChI is InChI=1S/C18H20FNO3/c1-12(13-5-8-15(19)9-6-13)20(2)18(21)14-7-10-16(22-3)17(11-14)23-4/h5-12H,1-4H3. The first-order chi connectivity index (χ1) is 11.0. The van der Waals surface area contributed by atoms with Crippen LogP contribution in [0.3, 0.4) is 0 Å². The fourth-order valence-corrected chi connectivity index (χ4v) is 2.31. The summed E-state index contributed by atoms with van der Waals surface area (Å²) in [5.74, 6) is 0.622. The molecular formula is C18H20FNO3. The van der Waals surface area contributed by atoms with Gasteiger partial charge in [0.1, 0.15) is 5.82 Å². The van der Waals surface area contributed by atoms with E-state index in [2.05, 4.69) is 0 Å². The van der Waals surface area contributed by atoms with Crippen molar-refractivity contribution in [2.24, 2.45) is 0 Å². The number of nitrogens with zero attached hydrogens (tertiary/aromatic N) is 1. The third kappa shape index (κ3) is 3.62. The summed E-state index contributed by atoms with van der Waals surface area (Å²) in [7, 11) is 4.78. The number of carbonyl (C=O) groups excluding carboxylic acids is 1. The number of amides is 1. The smallest absolute Gasteiger partial charge is 0.254 e. The summed E-state index contributed by atoms with van der Waals surface area (Å²) in [6, 6.07) is 11.0. The largest absolute Gasteiger partial charge is 0.493 e. The lowest BCUT2D eigenvalue weighted by Gasteiger charge is -2.25. The molecular weight excluding hydrogens is 297 g/mol. The van der Waals surface area contributed by atoms with Crippen molar-refractivity contribution in [1.29, 1.82) is 0 Å². The fourth-order valence-electron chi connectivity index (χ4n) is 2.31. The van der Waals surface area contributed by atoms with Crippen molar-refractivity contribution >= 4 is 5.91 Å². The van der Waals surface area contributed by atoms with Crippen LogP contribution in [0.2, 0.25) is 0 Å². The molecule has 2 rings (SSSR count). The maximum atomic E-state index is 13.0. The number of methoxy groups -OCH3 is 2. The van der Waals surface area contributed by atoms with Crippen LogP contribution in [0.15, 0.2) is 42.5 Å². The Kier molecular flexibility index (Phi) is 5.21. The fraction of sp³-hybridized carbons (Fsp3) is 0.278. The molecule has 0 fully saturated rings. The highest BCUT2D eigenvalue weighted by Crippen LogP contribution is 2.29. The molecule has 0 aromatic heterocycles. The molecule has 2 aromatic rings. The lowest BCUT2D eigenvalue weighted by atomic mass is 10.1. The SMILES string of the molecule is COc1ccc(C(=O)N(C)C(C)c2ccc(F)cc2)cc1OC. The molecule has 0 spiro atoms. The zero-order valence-electron chi connectivity index (χ0n) is 13.7. The Morgan fingerprint density at radius 2 is 1.65 bits per heavy atom. The Bertz CT molecular complexity index is 685. The Labute approximate surface area is 135 Å². The summed E-state index contributed by atoms with van der Waals surface area (Å²) in [5, 5.41) is 0. The molecule has 0 radical (unpaired) electrons. The molecule has 5 heteroatoms. The van der Waals surface area contributed by atoms with Crippen LogP contribution in [0.4, 0.5) is 4.39 Å². The van der Waals surface area contributed by atoms with Gasteiger partial charge in [-0.1, -0.05) is 12.1 Å². The number of benzene rings is 2. The third-order valence-corrected chi connectivity index (χ3v) is 3.88. The van der Waals surface area contributed by atoms with E-state index in [1.165, 1.54) is 19.2 Å². The molecule has 0 bridgehead atoms. The zero-order chi connectivity index (χ0) is 17.0. The Morgan fingerprint density at radius 1 is 1.04 bits per heavy atom. The molecule has 0 saturated carbocycles. The summed E-state index contributed by atoms with van der Waals surface area (Å²) < 4.78 is 23.4. The first kappa shape index (κ1) is 16.8. The molecule has 1 atom stereocenters. The number of carbonyl (C=O) groups is 1. The lowest BCUT2D eigenvalue weighted by Crippen LogP contribution is -2.29. The average Bonchev–Trinajstić information content (AvgIpc) is 2.59. The molecule has 0 heterocycles. The van der Waals surface area contributed by atoms with Crippen molar-refractivity contribution in [3.8, 4) is 11.5 Å². The van der Waals surface area contributed by atoms with Crippen molar-refractivity contribution in [3.63, 3.8) is 0 Å². The van der Waals surface area contributed by atoms with Crippen molar-refractivity contribution in [1.82, 2.24) is 4.90 Å². The molecule has 0 aliphatic carbocycles. The van der Waals surface area contributed by atoms with E-state index in [4.69, 9.17) is 9.47 Å². The minimum absolute atomic E-state index is 0.150. The minimum atomic E-state index is -0.296.